The van der Waals surface area contributed by atoms with Crippen LogP contribution in [-0.2, 0) is 25.4 Å². The van der Waals surface area contributed by atoms with Crippen molar-refractivity contribution in [3.63, 3.8) is 0 Å². The number of hydrogen-bond donors (Lipinski definition) is 0. The maximum absolute atomic E-state index is 6.38. The normalized spacial score (nSPS) is 41.4. The van der Waals surface area contributed by atoms with E-state index in [1.165, 1.54) is 24.8 Å². The first-order valence-corrected chi connectivity index (χ1v) is 12.0. The Morgan fingerprint density at radius 1 is 0.867 bits per heavy atom. The Labute approximate surface area is 178 Å². The molecule has 166 valence electrons. The molecule has 6 heteroatoms. The van der Waals surface area contributed by atoms with Gasteiger partial charge in [0.15, 0.2) is 11.6 Å². The van der Waals surface area contributed by atoms with E-state index in [1.54, 1.807) is 0 Å². The number of aryl methyl sites for hydroxylation is 2. The molecule has 2 aliphatic heterocycles. The van der Waals surface area contributed by atoms with Crippen LogP contribution in [0.2, 0.25) is 0 Å². The van der Waals surface area contributed by atoms with Crippen LogP contribution in [-0.4, -0.2) is 43.2 Å². The second kappa shape index (κ2) is 6.77. The third-order valence-corrected chi connectivity index (χ3v) is 9.58. The summed E-state index contributed by atoms with van der Waals surface area (Å²) in [7, 11) is 0. The fourth-order valence-corrected chi connectivity index (χ4v) is 8.15. The minimum absolute atomic E-state index is 0.125. The van der Waals surface area contributed by atoms with Crippen LogP contribution < -0.4 is 0 Å². The molecule has 6 nitrogen and oxygen atoms in total. The lowest BCUT2D eigenvalue weighted by Gasteiger charge is -2.57. The van der Waals surface area contributed by atoms with E-state index in [1.807, 2.05) is 6.92 Å². The van der Waals surface area contributed by atoms with Crippen molar-refractivity contribution in [1.82, 2.24) is 5.16 Å². The Morgan fingerprint density at radius 3 is 2.27 bits per heavy atom. The third-order valence-electron chi connectivity index (χ3n) is 9.58. The van der Waals surface area contributed by atoms with E-state index in [0.29, 0.717) is 36.9 Å². The summed E-state index contributed by atoms with van der Waals surface area (Å²) in [5.74, 6) is 2.45. The van der Waals surface area contributed by atoms with Gasteiger partial charge in [0.1, 0.15) is 5.76 Å². The number of nitrogens with zero attached hydrogens (tertiary/aromatic N) is 1. The molecule has 0 bridgehead atoms. The van der Waals surface area contributed by atoms with Crippen LogP contribution in [0.15, 0.2) is 4.52 Å². The van der Waals surface area contributed by atoms with Crippen molar-refractivity contribution in [1.29, 1.82) is 0 Å². The molecule has 2 saturated heterocycles. The number of rotatable bonds is 2. The molecule has 3 heterocycles. The Kier molecular flexibility index (Phi) is 4.45. The zero-order chi connectivity index (χ0) is 20.6. The predicted octanol–water partition coefficient (Wildman–Crippen LogP) is 4.17. The number of ether oxygens (including phenoxy) is 4. The van der Waals surface area contributed by atoms with Crippen LogP contribution in [0.4, 0.5) is 0 Å². The monoisotopic (exact) mass is 417 g/mol. The molecule has 30 heavy (non-hydrogen) atoms. The first-order valence-electron chi connectivity index (χ1n) is 12.0. The first kappa shape index (κ1) is 19.7. The molecule has 6 rings (SSSR count). The third kappa shape index (κ3) is 2.54. The second-order valence-corrected chi connectivity index (χ2v) is 10.5. The van der Waals surface area contributed by atoms with Gasteiger partial charge < -0.3 is 23.5 Å². The lowest BCUT2D eigenvalue weighted by molar-refractivity contribution is -0.270. The Balaban J connectivity index is 1.34. The molecule has 3 unspecified atom stereocenters. The van der Waals surface area contributed by atoms with E-state index in [9.17, 15) is 0 Å². The highest BCUT2D eigenvalue weighted by atomic mass is 16.7. The van der Waals surface area contributed by atoms with E-state index in [0.717, 1.165) is 50.4 Å². The SMILES string of the molecule is Cc1noc(C)c1CC1C2CC[C@@]3(C)[C@@H](CCC34OCCO4)C2CCC12OCCO2. The summed E-state index contributed by atoms with van der Waals surface area (Å²) in [5.41, 5.74) is 2.38. The predicted molar refractivity (Wildman–Crippen MR) is 109 cm³/mol. The zero-order valence-corrected chi connectivity index (χ0v) is 18.6. The summed E-state index contributed by atoms with van der Waals surface area (Å²) < 4.78 is 30.9. The van der Waals surface area contributed by atoms with Crippen LogP contribution >= 0.6 is 0 Å². The molecule has 5 atom stereocenters. The molecule has 0 amide bonds. The van der Waals surface area contributed by atoms with Crippen LogP contribution in [0.5, 0.6) is 0 Å². The van der Waals surface area contributed by atoms with Crippen molar-refractivity contribution in [2.75, 3.05) is 26.4 Å². The summed E-state index contributed by atoms with van der Waals surface area (Å²) in [5, 5.41) is 4.22. The van der Waals surface area contributed by atoms with Crippen molar-refractivity contribution < 1.29 is 23.5 Å². The largest absolute Gasteiger partial charge is 0.361 e. The van der Waals surface area contributed by atoms with Crippen molar-refractivity contribution in [3.8, 4) is 0 Å². The van der Waals surface area contributed by atoms with Crippen molar-refractivity contribution in [3.05, 3.63) is 17.0 Å². The highest BCUT2D eigenvalue weighted by Crippen LogP contribution is 2.67. The van der Waals surface area contributed by atoms with Crippen molar-refractivity contribution >= 4 is 0 Å². The van der Waals surface area contributed by atoms with Gasteiger partial charge in [-0.15, -0.1) is 0 Å². The minimum Gasteiger partial charge on any atom is -0.361 e. The molecule has 1 aromatic rings. The lowest BCUT2D eigenvalue weighted by atomic mass is 9.51. The molecule has 3 saturated carbocycles. The second-order valence-electron chi connectivity index (χ2n) is 10.5. The lowest BCUT2D eigenvalue weighted by Crippen LogP contribution is -2.58. The molecule has 5 fully saturated rings. The zero-order valence-electron chi connectivity index (χ0n) is 18.6. The smallest absolute Gasteiger partial charge is 0.174 e. The molecule has 0 radical (unpaired) electrons. The van der Waals surface area contributed by atoms with Crippen molar-refractivity contribution in [2.24, 2.45) is 29.1 Å². The van der Waals surface area contributed by atoms with Gasteiger partial charge in [-0.3, -0.25) is 0 Å². The van der Waals surface area contributed by atoms with Crippen LogP contribution in [0.3, 0.4) is 0 Å². The fourth-order valence-electron chi connectivity index (χ4n) is 8.15. The fraction of sp³-hybridized carbons (Fsp3) is 0.875. The van der Waals surface area contributed by atoms with E-state index < -0.39 is 5.79 Å². The Bertz CT molecular complexity index is 789. The van der Waals surface area contributed by atoms with Gasteiger partial charge in [-0.25, -0.2) is 0 Å². The molecular weight excluding hydrogens is 382 g/mol. The van der Waals surface area contributed by atoms with Gasteiger partial charge >= 0.3 is 0 Å². The average molecular weight is 418 g/mol. The highest BCUT2D eigenvalue weighted by molar-refractivity contribution is 5.23. The topological polar surface area (TPSA) is 63.0 Å². The summed E-state index contributed by atoms with van der Waals surface area (Å²) in [4.78, 5) is 0. The number of aromatic nitrogens is 1. The number of hydrogen-bond acceptors (Lipinski definition) is 6. The summed E-state index contributed by atoms with van der Waals surface area (Å²) in [6.07, 6.45) is 7.71. The maximum Gasteiger partial charge on any atom is 0.174 e. The number of fused-ring (bicyclic) bond motifs is 4. The van der Waals surface area contributed by atoms with Gasteiger partial charge in [0, 0.05) is 29.7 Å². The van der Waals surface area contributed by atoms with Gasteiger partial charge in [0.05, 0.1) is 32.1 Å². The molecule has 5 aliphatic rings. The summed E-state index contributed by atoms with van der Waals surface area (Å²) in [6, 6.07) is 0. The van der Waals surface area contributed by atoms with Crippen LogP contribution in [0.1, 0.15) is 62.5 Å². The Hall–Kier alpha value is -0.950. The Morgan fingerprint density at radius 2 is 1.57 bits per heavy atom. The van der Waals surface area contributed by atoms with Gasteiger partial charge in [-0.2, -0.15) is 0 Å². The van der Waals surface area contributed by atoms with E-state index >= 15 is 0 Å². The van der Waals surface area contributed by atoms with Gasteiger partial charge in [-0.1, -0.05) is 12.1 Å². The first-order chi connectivity index (χ1) is 14.5. The van der Waals surface area contributed by atoms with Gasteiger partial charge in [0.2, 0.25) is 0 Å². The summed E-state index contributed by atoms with van der Waals surface area (Å²) in [6.45, 7) is 9.45. The van der Waals surface area contributed by atoms with E-state index in [4.69, 9.17) is 23.5 Å². The molecule has 2 spiro atoms. The maximum atomic E-state index is 6.38. The average Bonchev–Trinajstić information content (AvgIpc) is 3.51. The molecule has 0 aromatic carbocycles. The molecule has 1 aromatic heterocycles. The van der Waals surface area contributed by atoms with Crippen LogP contribution in [0.25, 0.3) is 0 Å². The minimum atomic E-state index is -0.429. The molecule has 3 aliphatic carbocycles. The van der Waals surface area contributed by atoms with Crippen LogP contribution in [0, 0.1) is 42.9 Å². The standard InChI is InChI=1S/C24H35NO5/c1-15-19(16(2)30-25-15)14-21-18-4-7-22(3)20(6-9-24(22)28-12-13-29-24)17(18)5-8-23(21)26-10-11-27-23/h17-18,20-21H,4-14H2,1-3H3/t17?,18?,20-,21?,22-/m0/s1. The van der Waals surface area contributed by atoms with E-state index in [-0.39, 0.29) is 11.2 Å². The highest BCUT2D eigenvalue weighted by Gasteiger charge is 2.67. The molecular formula is C24H35NO5. The van der Waals surface area contributed by atoms with Gasteiger partial charge in [-0.05, 0) is 63.7 Å². The molecule has 0 N–H and O–H groups in total. The quantitative estimate of drug-likeness (QED) is 0.720. The van der Waals surface area contributed by atoms with Gasteiger partial charge in [0.25, 0.3) is 0 Å². The summed E-state index contributed by atoms with van der Waals surface area (Å²) >= 11 is 0. The van der Waals surface area contributed by atoms with Crippen molar-refractivity contribution in [2.45, 2.75) is 77.3 Å². The van der Waals surface area contributed by atoms with E-state index in [2.05, 4.69) is 19.0 Å².